The molecule has 0 aromatic rings. The van der Waals surface area contributed by atoms with Crippen LogP contribution >= 0.6 is 0 Å². The van der Waals surface area contributed by atoms with Crippen molar-refractivity contribution in [1.29, 1.82) is 0 Å². The van der Waals surface area contributed by atoms with Crippen molar-refractivity contribution in [2.75, 3.05) is 13.2 Å². The number of guanidine groups is 1. The zero-order chi connectivity index (χ0) is 14.6. The molecule has 18 heavy (non-hydrogen) atoms. The van der Waals surface area contributed by atoms with E-state index in [9.17, 15) is 0 Å². The SMILES string of the molecule is C=C(CCN(CN=C(N)N)C(C)(C)C)C(C)(C)C. The van der Waals surface area contributed by atoms with Gasteiger partial charge in [-0.2, -0.15) is 0 Å². The standard InChI is InChI=1S/C14H30N4/c1-11(13(2,3)4)8-9-18(14(5,6)7)10-17-12(15)16/h1,8-10H2,2-7H3,(H4,15,16,17). The Bertz CT molecular complexity index is 301. The maximum atomic E-state index is 5.39. The Labute approximate surface area is 112 Å². The maximum absolute atomic E-state index is 5.39. The van der Waals surface area contributed by atoms with Crippen molar-refractivity contribution in [3.05, 3.63) is 12.2 Å². The Morgan fingerprint density at radius 1 is 1.11 bits per heavy atom. The Morgan fingerprint density at radius 3 is 1.94 bits per heavy atom. The van der Waals surface area contributed by atoms with Crippen molar-refractivity contribution in [3.63, 3.8) is 0 Å². The smallest absolute Gasteiger partial charge is 0.187 e. The Hall–Kier alpha value is -1.03. The van der Waals surface area contributed by atoms with Crippen LogP contribution in [-0.4, -0.2) is 29.6 Å². The van der Waals surface area contributed by atoms with Gasteiger partial charge in [0, 0.05) is 12.1 Å². The minimum absolute atomic E-state index is 0.0388. The molecule has 0 amide bonds. The molecule has 4 N–H and O–H groups in total. The van der Waals surface area contributed by atoms with Gasteiger partial charge in [0.25, 0.3) is 0 Å². The molecule has 0 bridgehead atoms. The molecule has 0 atom stereocenters. The number of hydrogen-bond acceptors (Lipinski definition) is 2. The normalized spacial score (nSPS) is 12.6. The molecule has 4 nitrogen and oxygen atoms in total. The lowest BCUT2D eigenvalue weighted by atomic mass is 9.85. The first kappa shape index (κ1) is 17.0. The lowest BCUT2D eigenvalue weighted by molar-refractivity contribution is 0.141. The third kappa shape index (κ3) is 6.64. The summed E-state index contributed by atoms with van der Waals surface area (Å²) in [5, 5.41) is 0. The first-order valence-corrected chi connectivity index (χ1v) is 6.43. The average Bonchev–Trinajstić information content (AvgIpc) is 2.12. The van der Waals surface area contributed by atoms with E-state index in [4.69, 9.17) is 11.5 Å². The second kappa shape index (κ2) is 6.23. The van der Waals surface area contributed by atoms with Gasteiger partial charge in [0.1, 0.15) is 0 Å². The van der Waals surface area contributed by atoms with Gasteiger partial charge in [0.15, 0.2) is 5.96 Å². The predicted molar refractivity (Wildman–Crippen MR) is 80.3 cm³/mol. The number of hydrogen-bond donors (Lipinski definition) is 2. The summed E-state index contributed by atoms with van der Waals surface area (Å²) in [6, 6.07) is 0. The molecule has 0 heterocycles. The van der Waals surface area contributed by atoms with Crippen LogP contribution in [0.4, 0.5) is 0 Å². The van der Waals surface area contributed by atoms with E-state index in [1.165, 1.54) is 5.57 Å². The number of nitrogens with zero attached hydrogens (tertiary/aromatic N) is 2. The van der Waals surface area contributed by atoms with E-state index in [-0.39, 0.29) is 16.9 Å². The first-order chi connectivity index (χ1) is 7.94. The Balaban J connectivity index is 4.54. The van der Waals surface area contributed by atoms with Crippen LogP contribution in [0.15, 0.2) is 17.1 Å². The van der Waals surface area contributed by atoms with Gasteiger partial charge >= 0.3 is 0 Å². The van der Waals surface area contributed by atoms with Crippen LogP contribution in [-0.2, 0) is 0 Å². The van der Waals surface area contributed by atoms with Crippen LogP contribution in [0, 0.1) is 5.41 Å². The maximum Gasteiger partial charge on any atom is 0.187 e. The highest BCUT2D eigenvalue weighted by Crippen LogP contribution is 2.27. The van der Waals surface area contributed by atoms with Crippen molar-refractivity contribution in [1.82, 2.24) is 4.90 Å². The average molecular weight is 254 g/mol. The second-order valence-electron chi connectivity index (χ2n) is 6.76. The molecule has 106 valence electrons. The van der Waals surface area contributed by atoms with E-state index >= 15 is 0 Å². The quantitative estimate of drug-likeness (QED) is 0.449. The molecule has 0 aromatic heterocycles. The Morgan fingerprint density at radius 2 is 1.61 bits per heavy atom. The summed E-state index contributed by atoms with van der Waals surface area (Å²) in [6.07, 6.45) is 0.959. The van der Waals surface area contributed by atoms with Crippen LogP contribution in [0.1, 0.15) is 48.0 Å². The highest BCUT2D eigenvalue weighted by molar-refractivity contribution is 5.75. The molecule has 0 spiro atoms. The highest BCUT2D eigenvalue weighted by Gasteiger charge is 2.22. The second-order valence-corrected chi connectivity index (χ2v) is 6.76. The molecular formula is C14H30N4. The van der Waals surface area contributed by atoms with Gasteiger partial charge in [-0.3, -0.25) is 4.90 Å². The third-order valence-electron chi connectivity index (χ3n) is 3.12. The van der Waals surface area contributed by atoms with E-state index in [0.717, 1.165) is 13.0 Å². The van der Waals surface area contributed by atoms with Gasteiger partial charge in [-0.05, 0) is 32.6 Å². The lowest BCUT2D eigenvalue weighted by Gasteiger charge is -2.35. The summed E-state index contributed by atoms with van der Waals surface area (Å²) in [5.41, 5.74) is 12.2. The highest BCUT2D eigenvalue weighted by atomic mass is 15.3. The fraction of sp³-hybridized carbons (Fsp3) is 0.786. The van der Waals surface area contributed by atoms with E-state index in [0.29, 0.717) is 6.67 Å². The summed E-state index contributed by atoms with van der Waals surface area (Å²) in [5.74, 6) is 0.138. The van der Waals surface area contributed by atoms with Crippen LogP contribution in [0.3, 0.4) is 0 Å². The molecule has 0 aliphatic carbocycles. The molecule has 0 fully saturated rings. The van der Waals surface area contributed by atoms with Gasteiger partial charge < -0.3 is 11.5 Å². The summed E-state index contributed by atoms with van der Waals surface area (Å²) >= 11 is 0. The van der Waals surface area contributed by atoms with Crippen molar-refractivity contribution >= 4 is 5.96 Å². The molecule has 0 aromatic carbocycles. The molecule has 4 heteroatoms. The van der Waals surface area contributed by atoms with Crippen LogP contribution in [0.2, 0.25) is 0 Å². The summed E-state index contributed by atoms with van der Waals surface area (Å²) in [6.45, 7) is 18.7. The summed E-state index contributed by atoms with van der Waals surface area (Å²) < 4.78 is 0. The molecule has 0 radical (unpaired) electrons. The van der Waals surface area contributed by atoms with Gasteiger partial charge in [-0.1, -0.05) is 32.9 Å². The number of nitrogens with two attached hydrogens (primary N) is 2. The zero-order valence-electron chi connectivity index (χ0n) is 12.9. The molecule has 0 saturated heterocycles. The van der Waals surface area contributed by atoms with E-state index < -0.39 is 0 Å². The van der Waals surface area contributed by atoms with E-state index in [1.54, 1.807) is 0 Å². The van der Waals surface area contributed by atoms with Gasteiger partial charge in [-0.25, -0.2) is 4.99 Å². The first-order valence-electron chi connectivity index (χ1n) is 6.43. The fourth-order valence-corrected chi connectivity index (χ4v) is 1.43. The van der Waals surface area contributed by atoms with Crippen LogP contribution in [0.25, 0.3) is 0 Å². The molecule has 0 unspecified atom stereocenters. The minimum atomic E-state index is 0.0388. The van der Waals surface area contributed by atoms with Crippen molar-refractivity contribution < 1.29 is 0 Å². The molecular weight excluding hydrogens is 224 g/mol. The Kier molecular flexibility index (Phi) is 5.87. The molecule has 0 aliphatic rings. The zero-order valence-corrected chi connectivity index (χ0v) is 12.9. The van der Waals surface area contributed by atoms with Crippen LogP contribution < -0.4 is 11.5 Å². The lowest BCUT2D eigenvalue weighted by Crippen LogP contribution is -2.43. The molecule has 0 rings (SSSR count). The monoisotopic (exact) mass is 254 g/mol. The fourth-order valence-electron chi connectivity index (χ4n) is 1.43. The third-order valence-corrected chi connectivity index (χ3v) is 3.12. The topological polar surface area (TPSA) is 67.6 Å². The van der Waals surface area contributed by atoms with Crippen LogP contribution in [0.5, 0.6) is 0 Å². The number of rotatable bonds is 5. The van der Waals surface area contributed by atoms with E-state index in [1.807, 2.05) is 0 Å². The minimum Gasteiger partial charge on any atom is -0.370 e. The predicted octanol–water partition coefficient (Wildman–Crippen LogP) is 2.31. The largest absolute Gasteiger partial charge is 0.370 e. The van der Waals surface area contributed by atoms with Crippen molar-refractivity contribution in [3.8, 4) is 0 Å². The summed E-state index contributed by atoms with van der Waals surface area (Å²) in [7, 11) is 0. The van der Waals surface area contributed by atoms with Crippen molar-refractivity contribution in [2.45, 2.75) is 53.5 Å². The summed E-state index contributed by atoms with van der Waals surface area (Å²) in [4.78, 5) is 6.35. The number of aliphatic imine (C=N–C) groups is 1. The van der Waals surface area contributed by atoms with Gasteiger partial charge in [-0.15, -0.1) is 0 Å². The molecule has 0 saturated carbocycles. The van der Waals surface area contributed by atoms with Gasteiger partial charge in [0.05, 0.1) is 6.67 Å². The van der Waals surface area contributed by atoms with Crippen molar-refractivity contribution in [2.24, 2.45) is 21.9 Å². The van der Waals surface area contributed by atoms with Gasteiger partial charge in [0.2, 0.25) is 0 Å². The van der Waals surface area contributed by atoms with E-state index in [2.05, 4.69) is 58.0 Å². The molecule has 0 aliphatic heterocycles.